The minimum Gasteiger partial charge on any atom is -0.496 e. The van der Waals surface area contributed by atoms with Crippen molar-refractivity contribution in [3.8, 4) is 5.75 Å². The number of carbonyl (C=O) groups is 1. The smallest absolute Gasteiger partial charge is 0.389 e. The zero-order valence-electron chi connectivity index (χ0n) is 10.9. The summed E-state index contributed by atoms with van der Waals surface area (Å²) in [6.07, 6.45) is -4.65. The molecule has 0 saturated carbocycles. The van der Waals surface area contributed by atoms with Gasteiger partial charge in [0.15, 0.2) is 0 Å². The summed E-state index contributed by atoms with van der Waals surface area (Å²) in [5.41, 5.74) is 0.425. The van der Waals surface area contributed by atoms with E-state index in [9.17, 15) is 18.0 Å². The van der Waals surface area contributed by atoms with Gasteiger partial charge in [0.25, 0.3) is 5.91 Å². The lowest BCUT2D eigenvalue weighted by Gasteiger charge is -2.08. The zero-order valence-corrected chi connectivity index (χ0v) is 12.5. The van der Waals surface area contributed by atoms with Gasteiger partial charge in [-0.1, -0.05) is 0 Å². The highest BCUT2D eigenvalue weighted by Crippen LogP contribution is 2.25. The Morgan fingerprint density at radius 2 is 2.05 bits per heavy atom. The highest BCUT2D eigenvalue weighted by molar-refractivity contribution is 9.10. The summed E-state index contributed by atoms with van der Waals surface area (Å²) in [5.74, 6) is 0.284. The number of nitrogens with one attached hydrogen (secondary N) is 1. The summed E-state index contributed by atoms with van der Waals surface area (Å²) in [6, 6.07) is 4.83. The molecule has 7 heteroatoms. The van der Waals surface area contributed by atoms with Crippen molar-refractivity contribution in [1.82, 2.24) is 5.32 Å². The second-order valence-corrected chi connectivity index (χ2v) is 5.03. The van der Waals surface area contributed by atoms with E-state index in [1.165, 1.54) is 7.11 Å². The topological polar surface area (TPSA) is 38.3 Å². The molecule has 0 unspecified atom stereocenters. The summed E-state index contributed by atoms with van der Waals surface area (Å²) in [4.78, 5) is 11.8. The van der Waals surface area contributed by atoms with Gasteiger partial charge >= 0.3 is 6.18 Å². The van der Waals surface area contributed by atoms with E-state index in [0.717, 1.165) is 0 Å². The minimum atomic E-state index is -4.13. The van der Waals surface area contributed by atoms with Crippen LogP contribution in [-0.2, 0) is 0 Å². The highest BCUT2D eigenvalue weighted by Gasteiger charge is 2.25. The Kier molecular flexibility index (Phi) is 6.32. The molecule has 0 radical (unpaired) electrons. The fourth-order valence-electron chi connectivity index (χ4n) is 1.56. The largest absolute Gasteiger partial charge is 0.496 e. The molecule has 3 nitrogen and oxygen atoms in total. The lowest BCUT2D eigenvalue weighted by atomic mass is 10.2. The van der Waals surface area contributed by atoms with E-state index in [0.29, 0.717) is 22.2 Å². The summed E-state index contributed by atoms with van der Waals surface area (Å²) in [5, 5.41) is 2.58. The first-order chi connectivity index (χ1) is 9.33. The first kappa shape index (κ1) is 16.8. The van der Waals surface area contributed by atoms with E-state index in [1.54, 1.807) is 18.2 Å². The van der Waals surface area contributed by atoms with Crippen molar-refractivity contribution in [2.45, 2.75) is 25.4 Å². The van der Waals surface area contributed by atoms with Crippen LogP contribution in [0.4, 0.5) is 13.2 Å². The number of methoxy groups -OCH3 is 1. The molecule has 0 aromatic heterocycles. The first-order valence-corrected chi connectivity index (χ1v) is 6.81. The molecule has 0 aliphatic rings. The monoisotopic (exact) mass is 353 g/mol. The summed E-state index contributed by atoms with van der Waals surface area (Å²) >= 11 is 3.26. The lowest BCUT2D eigenvalue weighted by Crippen LogP contribution is -2.24. The molecule has 0 fully saturated rings. The summed E-state index contributed by atoms with van der Waals surface area (Å²) in [7, 11) is 1.51. The van der Waals surface area contributed by atoms with Crippen LogP contribution in [0.2, 0.25) is 0 Å². The van der Waals surface area contributed by atoms with E-state index in [4.69, 9.17) is 4.74 Å². The van der Waals surface area contributed by atoms with Gasteiger partial charge < -0.3 is 10.1 Å². The number of hydrogen-bond donors (Lipinski definition) is 1. The Bertz CT molecular complexity index is 463. The molecule has 1 N–H and O–H groups in total. The van der Waals surface area contributed by atoms with Gasteiger partial charge in [-0.3, -0.25) is 4.79 Å². The van der Waals surface area contributed by atoms with Crippen LogP contribution < -0.4 is 10.1 Å². The van der Waals surface area contributed by atoms with Crippen LogP contribution in [0, 0.1) is 0 Å². The first-order valence-electron chi connectivity index (χ1n) is 6.02. The van der Waals surface area contributed by atoms with Gasteiger partial charge in [0.2, 0.25) is 0 Å². The molecule has 0 bridgehead atoms. The Balaban J connectivity index is 2.38. The van der Waals surface area contributed by atoms with Crippen molar-refractivity contribution in [2.75, 3.05) is 13.7 Å². The molecule has 0 atom stereocenters. The van der Waals surface area contributed by atoms with Crippen LogP contribution in [0.1, 0.15) is 29.6 Å². The highest BCUT2D eigenvalue weighted by atomic mass is 79.9. The van der Waals surface area contributed by atoms with E-state index in [-0.39, 0.29) is 18.9 Å². The maximum absolute atomic E-state index is 11.9. The van der Waals surface area contributed by atoms with E-state index in [2.05, 4.69) is 21.2 Å². The Morgan fingerprint density at radius 3 is 2.60 bits per heavy atom. The van der Waals surface area contributed by atoms with Crippen LogP contribution in [0.5, 0.6) is 5.75 Å². The number of carbonyl (C=O) groups excluding carboxylic acids is 1. The van der Waals surface area contributed by atoms with Crippen molar-refractivity contribution in [3.05, 3.63) is 28.2 Å². The Morgan fingerprint density at radius 1 is 1.35 bits per heavy atom. The molecule has 0 heterocycles. The maximum atomic E-state index is 11.9. The maximum Gasteiger partial charge on any atom is 0.389 e. The van der Waals surface area contributed by atoms with Crippen LogP contribution in [0.3, 0.4) is 0 Å². The standard InChI is InChI=1S/C13H15BrF3NO2/c1-20-11-5-4-9(8-10(11)14)12(19)18-7-3-2-6-13(15,16)17/h4-5,8H,2-3,6-7H2,1H3,(H,18,19). The third-order valence-electron chi connectivity index (χ3n) is 2.59. The van der Waals surface area contributed by atoms with Crippen molar-refractivity contribution >= 4 is 21.8 Å². The zero-order chi connectivity index (χ0) is 15.2. The van der Waals surface area contributed by atoms with Crippen LogP contribution >= 0.6 is 15.9 Å². The van der Waals surface area contributed by atoms with Gasteiger partial charge in [-0.2, -0.15) is 13.2 Å². The fraction of sp³-hybridized carbons (Fsp3) is 0.462. The number of benzene rings is 1. The van der Waals surface area contributed by atoms with Crippen LogP contribution in [0.25, 0.3) is 0 Å². The molecule has 0 aliphatic heterocycles. The number of unbranched alkanes of at least 4 members (excludes halogenated alkanes) is 1. The molecule has 1 amide bonds. The average molecular weight is 354 g/mol. The fourth-order valence-corrected chi connectivity index (χ4v) is 2.10. The number of amides is 1. The molecule has 20 heavy (non-hydrogen) atoms. The predicted octanol–water partition coefficient (Wildman–Crippen LogP) is 3.92. The predicted molar refractivity (Wildman–Crippen MR) is 72.9 cm³/mol. The number of rotatable bonds is 6. The molecule has 0 spiro atoms. The van der Waals surface area contributed by atoms with Gasteiger partial charge in [0, 0.05) is 18.5 Å². The number of hydrogen-bond acceptors (Lipinski definition) is 2. The molecule has 1 aromatic carbocycles. The van der Waals surface area contributed by atoms with Crippen molar-refractivity contribution in [1.29, 1.82) is 0 Å². The molecule has 1 rings (SSSR count). The Hall–Kier alpha value is -1.24. The normalized spacial score (nSPS) is 11.2. The van der Waals surface area contributed by atoms with Crippen LogP contribution in [0.15, 0.2) is 22.7 Å². The van der Waals surface area contributed by atoms with E-state index >= 15 is 0 Å². The number of halogens is 4. The minimum absolute atomic E-state index is 0.0100. The van der Waals surface area contributed by atoms with Gasteiger partial charge in [-0.25, -0.2) is 0 Å². The van der Waals surface area contributed by atoms with E-state index < -0.39 is 12.6 Å². The molecule has 0 saturated heterocycles. The second-order valence-electron chi connectivity index (χ2n) is 4.18. The average Bonchev–Trinajstić information content (AvgIpc) is 2.36. The summed E-state index contributed by atoms with van der Waals surface area (Å²) in [6.45, 7) is 0.221. The summed E-state index contributed by atoms with van der Waals surface area (Å²) < 4.78 is 41.4. The van der Waals surface area contributed by atoms with Gasteiger partial charge in [-0.15, -0.1) is 0 Å². The molecule has 112 valence electrons. The molecular weight excluding hydrogens is 339 g/mol. The third-order valence-corrected chi connectivity index (χ3v) is 3.21. The van der Waals surface area contributed by atoms with Crippen LogP contribution in [-0.4, -0.2) is 25.7 Å². The van der Waals surface area contributed by atoms with Gasteiger partial charge in [0.05, 0.1) is 11.6 Å². The van der Waals surface area contributed by atoms with Crippen molar-refractivity contribution in [3.63, 3.8) is 0 Å². The Labute approximate surface area is 123 Å². The molecular formula is C13H15BrF3NO2. The number of alkyl halides is 3. The molecule has 1 aromatic rings. The lowest BCUT2D eigenvalue weighted by molar-refractivity contribution is -0.135. The quantitative estimate of drug-likeness (QED) is 0.787. The van der Waals surface area contributed by atoms with Crippen molar-refractivity contribution < 1.29 is 22.7 Å². The van der Waals surface area contributed by atoms with E-state index in [1.807, 2.05) is 0 Å². The van der Waals surface area contributed by atoms with Crippen molar-refractivity contribution in [2.24, 2.45) is 0 Å². The third kappa shape index (κ3) is 5.81. The SMILES string of the molecule is COc1ccc(C(=O)NCCCCC(F)(F)F)cc1Br. The number of ether oxygens (including phenoxy) is 1. The second kappa shape index (κ2) is 7.52. The van der Waals surface area contributed by atoms with Gasteiger partial charge in [0.1, 0.15) is 5.75 Å². The molecule has 0 aliphatic carbocycles. The van der Waals surface area contributed by atoms with Gasteiger partial charge in [-0.05, 0) is 47.0 Å².